The Balaban J connectivity index is 1.60. The Kier molecular flexibility index (Phi) is 4.54. The summed E-state index contributed by atoms with van der Waals surface area (Å²) in [6.07, 6.45) is 1.73. The van der Waals surface area contributed by atoms with Crippen LogP contribution in [0.5, 0.6) is 0 Å². The summed E-state index contributed by atoms with van der Waals surface area (Å²) < 4.78 is 3.21. The molecule has 0 fully saturated rings. The van der Waals surface area contributed by atoms with Crippen LogP contribution in [0.2, 0.25) is 0 Å². The van der Waals surface area contributed by atoms with Crippen LogP contribution in [-0.4, -0.2) is 15.5 Å². The predicted octanol–water partition coefficient (Wildman–Crippen LogP) is 4.38. The molecule has 0 aliphatic carbocycles. The van der Waals surface area contributed by atoms with Gasteiger partial charge in [-0.1, -0.05) is 35.9 Å². The number of rotatable bonds is 5. The zero-order valence-corrected chi connectivity index (χ0v) is 15.3. The van der Waals surface area contributed by atoms with Crippen molar-refractivity contribution >= 4 is 27.5 Å². The summed E-state index contributed by atoms with van der Waals surface area (Å²) in [5.41, 5.74) is 5.04. The molecule has 0 spiro atoms. The number of thiophene rings is 1. The van der Waals surface area contributed by atoms with Crippen molar-refractivity contribution < 1.29 is 4.79 Å². The standard InChI is InChI=1S/C21H19N3OS/c1-15-5-7-16(8-6-15)14-24-18-9-11-26-20(18)12-19(24)21(25)23-13-17-4-2-3-10-22-17/h2-12H,13-14H2,1H3,(H,23,25). The lowest BCUT2D eigenvalue weighted by Gasteiger charge is -2.11. The highest BCUT2D eigenvalue weighted by Crippen LogP contribution is 2.26. The monoisotopic (exact) mass is 361 g/mol. The van der Waals surface area contributed by atoms with Gasteiger partial charge in [0.15, 0.2) is 0 Å². The molecular weight excluding hydrogens is 342 g/mol. The Morgan fingerprint density at radius 1 is 1.15 bits per heavy atom. The number of aryl methyl sites for hydroxylation is 1. The van der Waals surface area contributed by atoms with Crippen molar-refractivity contribution in [3.8, 4) is 0 Å². The van der Waals surface area contributed by atoms with Crippen LogP contribution < -0.4 is 5.32 Å². The van der Waals surface area contributed by atoms with Crippen LogP contribution in [0, 0.1) is 6.92 Å². The van der Waals surface area contributed by atoms with Gasteiger partial charge in [0.05, 0.1) is 22.5 Å². The number of amides is 1. The highest BCUT2D eigenvalue weighted by atomic mass is 32.1. The molecule has 0 saturated carbocycles. The topological polar surface area (TPSA) is 46.9 Å². The Bertz CT molecular complexity index is 1030. The average Bonchev–Trinajstić information content (AvgIpc) is 3.25. The fourth-order valence-corrected chi connectivity index (χ4v) is 3.80. The van der Waals surface area contributed by atoms with Crippen molar-refractivity contribution in [2.24, 2.45) is 0 Å². The van der Waals surface area contributed by atoms with Crippen molar-refractivity contribution in [1.82, 2.24) is 14.9 Å². The molecule has 0 bridgehead atoms. The molecule has 0 aliphatic heterocycles. The lowest BCUT2D eigenvalue weighted by atomic mass is 10.1. The Morgan fingerprint density at radius 2 is 2.00 bits per heavy atom. The summed E-state index contributed by atoms with van der Waals surface area (Å²) in [6, 6.07) is 18.2. The van der Waals surface area contributed by atoms with E-state index >= 15 is 0 Å². The summed E-state index contributed by atoms with van der Waals surface area (Å²) in [4.78, 5) is 17.1. The van der Waals surface area contributed by atoms with E-state index < -0.39 is 0 Å². The molecule has 1 aromatic carbocycles. The van der Waals surface area contributed by atoms with E-state index in [4.69, 9.17) is 0 Å². The molecule has 0 aliphatic rings. The molecular formula is C21H19N3OS. The summed E-state index contributed by atoms with van der Waals surface area (Å²) in [6.45, 7) is 3.17. The quantitative estimate of drug-likeness (QED) is 0.573. The summed E-state index contributed by atoms with van der Waals surface area (Å²) in [5.74, 6) is -0.0776. The first-order valence-electron chi connectivity index (χ1n) is 8.51. The maximum absolute atomic E-state index is 12.8. The first-order chi connectivity index (χ1) is 12.7. The summed E-state index contributed by atoms with van der Waals surface area (Å²) in [5, 5.41) is 5.05. The molecule has 4 rings (SSSR count). The van der Waals surface area contributed by atoms with E-state index in [9.17, 15) is 4.79 Å². The third-order valence-electron chi connectivity index (χ3n) is 4.37. The van der Waals surface area contributed by atoms with Crippen molar-refractivity contribution in [2.45, 2.75) is 20.0 Å². The Labute approximate surface area is 156 Å². The first-order valence-corrected chi connectivity index (χ1v) is 9.39. The number of fused-ring (bicyclic) bond motifs is 1. The van der Waals surface area contributed by atoms with Crippen LogP contribution in [0.3, 0.4) is 0 Å². The molecule has 4 nitrogen and oxygen atoms in total. The smallest absolute Gasteiger partial charge is 0.268 e. The molecule has 3 aromatic heterocycles. The second kappa shape index (κ2) is 7.14. The van der Waals surface area contributed by atoms with Crippen LogP contribution in [0.1, 0.15) is 27.3 Å². The molecule has 1 N–H and O–H groups in total. The van der Waals surface area contributed by atoms with Gasteiger partial charge in [-0.15, -0.1) is 11.3 Å². The van der Waals surface area contributed by atoms with Crippen LogP contribution in [0.15, 0.2) is 66.2 Å². The lowest BCUT2D eigenvalue weighted by molar-refractivity contribution is 0.0942. The number of carbonyl (C=O) groups is 1. The van der Waals surface area contributed by atoms with Crippen molar-refractivity contribution in [3.63, 3.8) is 0 Å². The van der Waals surface area contributed by atoms with Gasteiger partial charge in [-0.05, 0) is 42.1 Å². The van der Waals surface area contributed by atoms with Gasteiger partial charge in [0.25, 0.3) is 5.91 Å². The van der Waals surface area contributed by atoms with E-state index in [0.29, 0.717) is 18.8 Å². The van der Waals surface area contributed by atoms with E-state index in [1.54, 1.807) is 17.5 Å². The van der Waals surface area contributed by atoms with Crippen LogP contribution in [0.25, 0.3) is 10.2 Å². The maximum Gasteiger partial charge on any atom is 0.268 e. The molecule has 5 heteroatoms. The number of nitrogens with one attached hydrogen (secondary N) is 1. The molecule has 0 atom stereocenters. The highest BCUT2D eigenvalue weighted by Gasteiger charge is 2.16. The van der Waals surface area contributed by atoms with Gasteiger partial charge >= 0.3 is 0 Å². The number of hydrogen-bond donors (Lipinski definition) is 1. The molecule has 0 saturated heterocycles. The molecule has 26 heavy (non-hydrogen) atoms. The average molecular weight is 361 g/mol. The first kappa shape index (κ1) is 16.5. The van der Waals surface area contributed by atoms with Gasteiger partial charge in [-0.25, -0.2) is 0 Å². The maximum atomic E-state index is 12.8. The van der Waals surface area contributed by atoms with Crippen LogP contribution >= 0.6 is 11.3 Å². The van der Waals surface area contributed by atoms with E-state index in [0.717, 1.165) is 15.9 Å². The number of benzene rings is 1. The van der Waals surface area contributed by atoms with Crippen molar-refractivity contribution in [2.75, 3.05) is 0 Å². The highest BCUT2D eigenvalue weighted by molar-refractivity contribution is 7.17. The molecule has 1 amide bonds. The SMILES string of the molecule is Cc1ccc(Cn2c(C(=O)NCc3ccccn3)cc3sccc32)cc1. The third kappa shape index (κ3) is 3.39. The fourth-order valence-electron chi connectivity index (χ4n) is 2.98. The lowest BCUT2D eigenvalue weighted by Crippen LogP contribution is -2.26. The molecule has 4 aromatic rings. The minimum atomic E-state index is -0.0776. The fraction of sp³-hybridized carbons (Fsp3) is 0.143. The van der Waals surface area contributed by atoms with Gasteiger partial charge in [0.2, 0.25) is 0 Å². The van der Waals surface area contributed by atoms with Gasteiger partial charge in [0.1, 0.15) is 5.69 Å². The second-order valence-corrected chi connectivity index (χ2v) is 7.22. The minimum absolute atomic E-state index is 0.0776. The van der Waals surface area contributed by atoms with E-state index in [1.807, 2.05) is 24.3 Å². The molecule has 0 unspecified atom stereocenters. The Hall–Kier alpha value is -2.92. The predicted molar refractivity (Wildman–Crippen MR) is 106 cm³/mol. The minimum Gasteiger partial charge on any atom is -0.345 e. The van der Waals surface area contributed by atoms with E-state index in [2.05, 4.69) is 57.5 Å². The van der Waals surface area contributed by atoms with Crippen LogP contribution in [-0.2, 0) is 13.1 Å². The zero-order chi connectivity index (χ0) is 17.9. The second-order valence-electron chi connectivity index (χ2n) is 6.28. The van der Waals surface area contributed by atoms with Gasteiger partial charge in [-0.3, -0.25) is 9.78 Å². The normalized spacial score (nSPS) is 11.0. The van der Waals surface area contributed by atoms with Gasteiger partial charge < -0.3 is 9.88 Å². The number of hydrogen-bond acceptors (Lipinski definition) is 3. The van der Waals surface area contributed by atoms with Crippen LogP contribution in [0.4, 0.5) is 0 Å². The number of carbonyl (C=O) groups excluding carboxylic acids is 1. The summed E-state index contributed by atoms with van der Waals surface area (Å²) >= 11 is 1.65. The third-order valence-corrected chi connectivity index (χ3v) is 5.23. The number of aromatic nitrogens is 2. The number of nitrogens with zero attached hydrogens (tertiary/aromatic N) is 2. The largest absolute Gasteiger partial charge is 0.345 e. The molecule has 3 heterocycles. The Morgan fingerprint density at radius 3 is 2.77 bits per heavy atom. The molecule has 0 radical (unpaired) electrons. The van der Waals surface area contributed by atoms with Crippen molar-refractivity contribution in [3.05, 3.63) is 88.7 Å². The van der Waals surface area contributed by atoms with Gasteiger partial charge in [-0.2, -0.15) is 0 Å². The number of pyridine rings is 1. The van der Waals surface area contributed by atoms with E-state index in [1.165, 1.54) is 11.1 Å². The van der Waals surface area contributed by atoms with Crippen molar-refractivity contribution in [1.29, 1.82) is 0 Å². The zero-order valence-electron chi connectivity index (χ0n) is 14.5. The summed E-state index contributed by atoms with van der Waals surface area (Å²) in [7, 11) is 0. The van der Waals surface area contributed by atoms with Gasteiger partial charge in [0, 0.05) is 12.7 Å². The van der Waals surface area contributed by atoms with E-state index in [-0.39, 0.29) is 5.91 Å². The molecule has 130 valence electrons.